The lowest BCUT2D eigenvalue weighted by Gasteiger charge is -2.33. The molecule has 1 nitrogen and oxygen atoms in total. The van der Waals surface area contributed by atoms with E-state index in [2.05, 4.69) is 27.8 Å². The highest BCUT2D eigenvalue weighted by molar-refractivity contribution is 4.41. The van der Waals surface area contributed by atoms with Gasteiger partial charge in [-0.15, -0.1) is 0 Å². The molecule has 0 bridgehead atoms. The van der Waals surface area contributed by atoms with Crippen LogP contribution >= 0.6 is 0 Å². The molecule has 0 aromatic rings. The quantitative estimate of drug-likeness (QED) is 0.520. The highest BCUT2D eigenvalue weighted by Gasteiger charge is 2.17. The first-order valence-electron chi connectivity index (χ1n) is 4.89. The Bertz CT molecular complexity index is 71.9. The van der Waals surface area contributed by atoms with Crippen LogP contribution < -0.4 is 0 Å². The second kappa shape index (κ2) is 5.59. The molecule has 0 saturated carbocycles. The first kappa shape index (κ1) is 11.0. The summed E-state index contributed by atoms with van der Waals surface area (Å²) in [5.41, 5.74) is 0. The molecule has 0 aliphatic carbocycles. The molecule has 0 aliphatic rings. The van der Waals surface area contributed by atoms with Gasteiger partial charge in [-0.25, -0.2) is 0 Å². The van der Waals surface area contributed by atoms with E-state index in [1.807, 2.05) is 0 Å². The van der Waals surface area contributed by atoms with E-state index in [4.69, 9.17) is 0 Å². The molecular weight excluding hydrogens is 134 g/mol. The molecule has 67 valence electrons. The molecule has 1 radical (unpaired) electrons. The van der Waals surface area contributed by atoms with Gasteiger partial charge in [0.25, 0.3) is 0 Å². The van der Waals surface area contributed by atoms with Gasteiger partial charge in [-0.05, 0) is 19.3 Å². The second-order valence-corrected chi connectivity index (χ2v) is 3.51. The molecule has 0 heterocycles. The fraction of sp³-hybridized carbons (Fsp3) is 0.900. The fourth-order valence-corrected chi connectivity index (χ4v) is 1.76. The zero-order valence-corrected chi connectivity index (χ0v) is 8.40. The first-order chi connectivity index (χ1) is 5.18. The summed E-state index contributed by atoms with van der Waals surface area (Å²) in [5, 5.41) is 0. The summed E-state index contributed by atoms with van der Waals surface area (Å²) in [6.07, 6.45) is 3.76. The molecule has 0 aromatic heterocycles. The van der Waals surface area contributed by atoms with E-state index in [1.165, 1.54) is 38.9 Å². The summed E-state index contributed by atoms with van der Waals surface area (Å²) in [6, 6.07) is 0. The van der Waals surface area contributed by atoms with Crippen molar-refractivity contribution in [3.63, 3.8) is 0 Å². The van der Waals surface area contributed by atoms with Crippen LogP contribution in [0.5, 0.6) is 0 Å². The number of hydrogen-bond donors (Lipinski definition) is 0. The Morgan fingerprint density at radius 2 is 1.09 bits per heavy atom. The van der Waals surface area contributed by atoms with Crippen molar-refractivity contribution in [1.82, 2.24) is 0 Å². The Balaban J connectivity index is 3.79. The summed E-state index contributed by atoms with van der Waals surface area (Å²) in [5.74, 6) is 0. The molecule has 0 unspecified atom stereocenters. The molecular formula is C10H23N+. The van der Waals surface area contributed by atoms with Crippen LogP contribution in [0.4, 0.5) is 0 Å². The Morgan fingerprint density at radius 1 is 0.818 bits per heavy atom. The van der Waals surface area contributed by atoms with Crippen molar-refractivity contribution in [3.8, 4) is 0 Å². The molecule has 11 heavy (non-hydrogen) atoms. The van der Waals surface area contributed by atoms with Gasteiger partial charge in [-0.3, -0.25) is 0 Å². The third-order valence-electron chi connectivity index (χ3n) is 2.09. The van der Waals surface area contributed by atoms with Crippen LogP contribution in [0.1, 0.15) is 40.0 Å². The van der Waals surface area contributed by atoms with Crippen molar-refractivity contribution in [1.29, 1.82) is 0 Å². The summed E-state index contributed by atoms with van der Waals surface area (Å²) in [7, 11) is 4.28. The Kier molecular flexibility index (Phi) is 5.57. The highest BCUT2D eigenvalue weighted by atomic mass is 15.3. The topological polar surface area (TPSA) is 0 Å². The van der Waals surface area contributed by atoms with Gasteiger partial charge in [0.1, 0.15) is 7.05 Å². The van der Waals surface area contributed by atoms with Gasteiger partial charge in [-0.1, -0.05) is 20.8 Å². The zero-order chi connectivity index (χ0) is 8.74. The molecule has 0 fully saturated rings. The lowest BCUT2D eigenvalue weighted by molar-refractivity contribution is -0.886. The van der Waals surface area contributed by atoms with Crippen LogP contribution in [-0.2, 0) is 0 Å². The Hall–Kier alpha value is -0.0400. The third kappa shape index (κ3) is 4.41. The van der Waals surface area contributed by atoms with Crippen molar-refractivity contribution in [2.75, 3.05) is 19.6 Å². The number of rotatable bonds is 6. The summed E-state index contributed by atoms with van der Waals surface area (Å²) in [6.45, 7) is 10.4. The van der Waals surface area contributed by atoms with Gasteiger partial charge >= 0.3 is 0 Å². The number of nitrogens with zero attached hydrogens (tertiary/aromatic N) is 1. The van der Waals surface area contributed by atoms with Crippen molar-refractivity contribution < 1.29 is 4.48 Å². The molecule has 0 rings (SSSR count). The minimum atomic E-state index is 1.03. The fourth-order valence-electron chi connectivity index (χ4n) is 1.76. The molecule has 1 heteroatoms. The smallest absolute Gasteiger partial charge is 0.128 e. The van der Waals surface area contributed by atoms with Gasteiger partial charge in [0.2, 0.25) is 0 Å². The molecule has 0 saturated heterocycles. The predicted octanol–water partition coefficient (Wildman–Crippen LogP) is 2.82. The van der Waals surface area contributed by atoms with E-state index in [9.17, 15) is 0 Å². The highest BCUT2D eigenvalue weighted by Crippen LogP contribution is 2.08. The average molecular weight is 157 g/mol. The van der Waals surface area contributed by atoms with Crippen molar-refractivity contribution in [2.24, 2.45) is 0 Å². The van der Waals surface area contributed by atoms with Gasteiger partial charge < -0.3 is 4.48 Å². The largest absolute Gasteiger partial charge is 0.319 e. The first-order valence-corrected chi connectivity index (χ1v) is 4.89. The normalized spacial score (nSPS) is 12.0. The van der Waals surface area contributed by atoms with Gasteiger partial charge in [0.05, 0.1) is 19.6 Å². The zero-order valence-electron chi connectivity index (χ0n) is 8.40. The number of hydrogen-bond acceptors (Lipinski definition) is 0. The van der Waals surface area contributed by atoms with E-state index in [1.54, 1.807) is 0 Å². The maximum absolute atomic E-state index is 4.28. The third-order valence-corrected chi connectivity index (χ3v) is 2.09. The molecule has 0 aliphatic heterocycles. The van der Waals surface area contributed by atoms with Gasteiger partial charge in [0.15, 0.2) is 0 Å². The van der Waals surface area contributed by atoms with Crippen LogP contribution in [0.15, 0.2) is 0 Å². The van der Waals surface area contributed by atoms with Crippen LogP contribution in [-0.4, -0.2) is 24.1 Å². The molecule has 0 amide bonds. The minimum Gasteiger partial charge on any atom is -0.319 e. The molecule has 0 spiro atoms. The maximum Gasteiger partial charge on any atom is 0.128 e. The van der Waals surface area contributed by atoms with E-state index < -0.39 is 0 Å². The van der Waals surface area contributed by atoms with Gasteiger partial charge in [-0.2, -0.15) is 0 Å². The predicted molar refractivity (Wildman–Crippen MR) is 51.1 cm³/mol. The molecule has 0 aromatic carbocycles. The van der Waals surface area contributed by atoms with Crippen molar-refractivity contribution in [3.05, 3.63) is 7.05 Å². The molecule has 0 atom stereocenters. The second-order valence-electron chi connectivity index (χ2n) is 3.51. The van der Waals surface area contributed by atoms with E-state index in [0.29, 0.717) is 0 Å². The summed E-state index contributed by atoms with van der Waals surface area (Å²) < 4.78 is 1.03. The average Bonchev–Trinajstić information content (AvgIpc) is 1.88. The summed E-state index contributed by atoms with van der Waals surface area (Å²) >= 11 is 0. The van der Waals surface area contributed by atoms with E-state index in [-0.39, 0.29) is 0 Å². The van der Waals surface area contributed by atoms with Crippen molar-refractivity contribution in [2.45, 2.75) is 40.0 Å². The van der Waals surface area contributed by atoms with E-state index in [0.717, 1.165) is 4.48 Å². The van der Waals surface area contributed by atoms with Crippen LogP contribution in [0.25, 0.3) is 0 Å². The van der Waals surface area contributed by atoms with Crippen LogP contribution in [0, 0.1) is 7.05 Å². The van der Waals surface area contributed by atoms with Crippen LogP contribution in [0.2, 0.25) is 0 Å². The minimum absolute atomic E-state index is 1.03. The maximum atomic E-state index is 4.28. The van der Waals surface area contributed by atoms with Crippen molar-refractivity contribution >= 4 is 0 Å². The van der Waals surface area contributed by atoms with E-state index >= 15 is 0 Å². The lowest BCUT2D eigenvalue weighted by atomic mass is 10.2. The van der Waals surface area contributed by atoms with Crippen LogP contribution in [0.3, 0.4) is 0 Å². The number of quaternary nitrogens is 1. The standard InChI is InChI=1S/C10H23N/c1-5-8-11(4,9-6-2)10-7-3/h4-10H2,1-3H3/q+1. The Labute approximate surface area is 72.0 Å². The Morgan fingerprint density at radius 3 is 1.27 bits per heavy atom. The lowest BCUT2D eigenvalue weighted by Crippen LogP contribution is -2.43. The summed E-state index contributed by atoms with van der Waals surface area (Å²) in [4.78, 5) is 0. The van der Waals surface area contributed by atoms with Gasteiger partial charge in [0, 0.05) is 0 Å². The SMILES string of the molecule is [CH2][N+](CCC)(CCC)CCC. The monoisotopic (exact) mass is 157 g/mol. The molecule has 0 N–H and O–H groups in total.